The molecule has 88 valence electrons. The molecule has 0 bridgehead atoms. The molecule has 1 unspecified atom stereocenters. The number of hydrogen-bond acceptors (Lipinski definition) is 6. The third-order valence-electron chi connectivity index (χ3n) is 2.80. The van der Waals surface area contributed by atoms with Gasteiger partial charge in [0.15, 0.2) is 11.6 Å². The molecule has 0 aliphatic carbocycles. The van der Waals surface area contributed by atoms with Crippen molar-refractivity contribution >= 4 is 11.6 Å². The van der Waals surface area contributed by atoms with E-state index in [2.05, 4.69) is 9.97 Å². The maximum Gasteiger partial charge on any atom is 0.204 e. The van der Waals surface area contributed by atoms with Crippen LogP contribution in [0.5, 0.6) is 5.75 Å². The summed E-state index contributed by atoms with van der Waals surface area (Å²) in [5.74, 6) is 1.60. The molecule has 0 amide bonds. The van der Waals surface area contributed by atoms with Crippen LogP contribution in [0.15, 0.2) is 6.33 Å². The number of aromatic nitrogens is 2. The maximum atomic E-state index is 5.73. The molecule has 0 radical (unpaired) electrons. The van der Waals surface area contributed by atoms with Crippen LogP contribution in [0.1, 0.15) is 6.42 Å². The molecule has 0 spiro atoms. The number of ether oxygens (including phenoxy) is 2. The quantitative estimate of drug-likeness (QED) is 0.795. The average Bonchev–Trinajstić information content (AvgIpc) is 2.81. The summed E-state index contributed by atoms with van der Waals surface area (Å²) >= 11 is 0. The first kappa shape index (κ1) is 10.9. The molecule has 2 heterocycles. The minimum atomic E-state index is 0.322. The van der Waals surface area contributed by atoms with Gasteiger partial charge in [-0.25, -0.2) is 9.97 Å². The van der Waals surface area contributed by atoms with Crippen LogP contribution in [-0.4, -0.2) is 43.4 Å². The second kappa shape index (κ2) is 4.52. The molecule has 6 heteroatoms. The molecule has 1 aliphatic rings. The van der Waals surface area contributed by atoms with Gasteiger partial charge in [-0.05, 0) is 6.42 Å². The van der Waals surface area contributed by atoms with Gasteiger partial charge in [-0.3, -0.25) is 0 Å². The number of rotatable bonds is 3. The topological polar surface area (TPSA) is 73.5 Å². The molecule has 0 saturated carbocycles. The highest BCUT2D eigenvalue weighted by Crippen LogP contribution is 2.31. The molecule has 6 nitrogen and oxygen atoms in total. The van der Waals surface area contributed by atoms with E-state index in [9.17, 15) is 0 Å². The first-order valence-electron chi connectivity index (χ1n) is 5.19. The van der Waals surface area contributed by atoms with Crippen LogP contribution in [0.2, 0.25) is 0 Å². The lowest BCUT2D eigenvalue weighted by Crippen LogP contribution is -2.33. The molecular weight excluding hydrogens is 208 g/mol. The van der Waals surface area contributed by atoms with Crippen molar-refractivity contribution in [3.8, 4) is 5.75 Å². The van der Waals surface area contributed by atoms with Crippen LogP contribution in [0.3, 0.4) is 0 Å². The minimum absolute atomic E-state index is 0.322. The predicted molar refractivity (Wildman–Crippen MR) is 60.6 cm³/mol. The average molecular weight is 224 g/mol. The number of anilines is 2. The van der Waals surface area contributed by atoms with E-state index in [1.165, 1.54) is 6.33 Å². The number of nitrogens with two attached hydrogens (primary N) is 1. The number of nitrogens with zero attached hydrogens (tertiary/aromatic N) is 3. The highest BCUT2D eigenvalue weighted by molar-refractivity contribution is 5.62. The molecule has 0 aromatic carbocycles. The van der Waals surface area contributed by atoms with Crippen molar-refractivity contribution in [2.75, 3.05) is 38.0 Å². The van der Waals surface area contributed by atoms with Gasteiger partial charge < -0.3 is 20.1 Å². The van der Waals surface area contributed by atoms with Gasteiger partial charge in [0.05, 0.1) is 19.8 Å². The van der Waals surface area contributed by atoms with Crippen LogP contribution in [0, 0.1) is 0 Å². The summed E-state index contributed by atoms with van der Waals surface area (Å²) < 4.78 is 10.6. The zero-order valence-electron chi connectivity index (χ0n) is 9.51. The van der Waals surface area contributed by atoms with E-state index in [1.54, 1.807) is 7.11 Å². The van der Waals surface area contributed by atoms with Gasteiger partial charge in [0, 0.05) is 13.7 Å². The van der Waals surface area contributed by atoms with Gasteiger partial charge in [-0.2, -0.15) is 0 Å². The second-order valence-electron chi connectivity index (χ2n) is 3.74. The van der Waals surface area contributed by atoms with Crippen molar-refractivity contribution in [3.63, 3.8) is 0 Å². The van der Waals surface area contributed by atoms with Gasteiger partial charge in [-0.1, -0.05) is 0 Å². The summed E-state index contributed by atoms with van der Waals surface area (Å²) in [5.41, 5.74) is 5.73. The lowest BCUT2D eigenvalue weighted by atomic mass is 10.2. The minimum Gasteiger partial charge on any atom is -0.490 e. The highest BCUT2D eigenvalue weighted by atomic mass is 16.5. The fourth-order valence-corrected chi connectivity index (χ4v) is 1.83. The lowest BCUT2D eigenvalue weighted by Gasteiger charge is -2.25. The molecule has 1 fully saturated rings. The number of likely N-dealkylation sites (N-methyl/N-ethyl adjacent to an activating group) is 1. The van der Waals surface area contributed by atoms with Crippen molar-refractivity contribution in [1.82, 2.24) is 9.97 Å². The van der Waals surface area contributed by atoms with Crippen molar-refractivity contribution in [3.05, 3.63) is 6.33 Å². The van der Waals surface area contributed by atoms with Gasteiger partial charge in [0.1, 0.15) is 6.33 Å². The number of hydrogen-bond donors (Lipinski definition) is 1. The maximum absolute atomic E-state index is 5.73. The summed E-state index contributed by atoms with van der Waals surface area (Å²) in [4.78, 5) is 10.1. The van der Waals surface area contributed by atoms with Crippen molar-refractivity contribution in [2.45, 2.75) is 12.5 Å². The Bertz CT molecular complexity index is 366. The molecule has 1 saturated heterocycles. The smallest absolute Gasteiger partial charge is 0.204 e. The monoisotopic (exact) mass is 224 g/mol. The molecular formula is C10H16N4O2. The normalized spacial score (nSPS) is 19.8. The Labute approximate surface area is 94.4 Å². The third kappa shape index (κ3) is 1.88. The fourth-order valence-electron chi connectivity index (χ4n) is 1.83. The van der Waals surface area contributed by atoms with E-state index in [0.717, 1.165) is 13.0 Å². The summed E-state index contributed by atoms with van der Waals surface area (Å²) in [6.45, 7) is 1.50. The molecule has 1 aliphatic heterocycles. The Balaban J connectivity index is 2.27. The Hall–Kier alpha value is -1.56. The van der Waals surface area contributed by atoms with E-state index in [4.69, 9.17) is 15.2 Å². The molecule has 16 heavy (non-hydrogen) atoms. The Kier molecular flexibility index (Phi) is 3.09. The van der Waals surface area contributed by atoms with Crippen LogP contribution in [0.4, 0.5) is 11.6 Å². The zero-order chi connectivity index (χ0) is 11.5. The summed E-state index contributed by atoms with van der Waals surface area (Å²) in [6, 6.07) is 0.322. The molecule has 2 N–H and O–H groups in total. The Morgan fingerprint density at radius 2 is 2.38 bits per heavy atom. The predicted octanol–water partition coefficient (Wildman–Crippen LogP) is 0.292. The highest BCUT2D eigenvalue weighted by Gasteiger charge is 2.24. The van der Waals surface area contributed by atoms with E-state index >= 15 is 0 Å². The molecule has 1 aromatic heterocycles. The zero-order valence-corrected chi connectivity index (χ0v) is 9.51. The van der Waals surface area contributed by atoms with Crippen molar-refractivity contribution in [1.29, 1.82) is 0 Å². The van der Waals surface area contributed by atoms with Gasteiger partial charge in [-0.15, -0.1) is 0 Å². The number of nitrogen functional groups attached to an aromatic ring is 1. The summed E-state index contributed by atoms with van der Waals surface area (Å²) in [7, 11) is 3.53. The van der Waals surface area contributed by atoms with E-state index in [-0.39, 0.29) is 0 Å². The van der Waals surface area contributed by atoms with Gasteiger partial charge in [0.2, 0.25) is 5.75 Å². The van der Waals surface area contributed by atoms with E-state index in [0.29, 0.717) is 30.0 Å². The first-order chi connectivity index (χ1) is 7.74. The first-order valence-corrected chi connectivity index (χ1v) is 5.19. The molecule has 1 atom stereocenters. The largest absolute Gasteiger partial charge is 0.490 e. The second-order valence-corrected chi connectivity index (χ2v) is 3.74. The standard InChI is InChI=1S/C10H16N4O2/c1-14(7-3-4-16-5-7)10-8(15-2)9(11)12-6-13-10/h6-7H,3-5H2,1-2H3,(H2,11,12,13). The van der Waals surface area contributed by atoms with Crippen LogP contribution in [0.25, 0.3) is 0 Å². The van der Waals surface area contributed by atoms with Crippen LogP contribution in [-0.2, 0) is 4.74 Å². The van der Waals surface area contributed by atoms with Gasteiger partial charge in [0.25, 0.3) is 0 Å². The summed E-state index contributed by atoms with van der Waals surface area (Å²) in [5, 5.41) is 0. The van der Waals surface area contributed by atoms with Crippen LogP contribution < -0.4 is 15.4 Å². The van der Waals surface area contributed by atoms with Gasteiger partial charge >= 0.3 is 0 Å². The molecule has 1 aromatic rings. The fraction of sp³-hybridized carbons (Fsp3) is 0.600. The van der Waals surface area contributed by atoms with Crippen LogP contribution >= 0.6 is 0 Å². The lowest BCUT2D eigenvalue weighted by molar-refractivity contribution is 0.193. The third-order valence-corrected chi connectivity index (χ3v) is 2.80. The van der Waals surface area contributed by atoms with Crippen molar-refractivity contribution in [2.24, 2.45) is 0 Å². The summed E-state index contributed by atoms with van der Waals surface area (Å²) in [6.07, 6.45) is 2.43. The molecule has 2 rings (SSSR count). The van der Waals surface area contributed by atoms with E-state index in [1.807, 2.05) is 11.9 Å². The van der Waals surface area contributed by atoms with Crippen molar-refractivity contribution < 1.29 is 9.47 Å². The SMILES string of the molecule is COc1c(N)ncnc1N(C)C1CCOC1. The number of methoxy groups -OCH3 is 1. The Morgan fingerprint density at radius 3 is 3.00 bits per heavy atom. The Morgan fingerprint density at radius 1 is 1.56 bits per heavy atom. The van der Waals surface area contributed by atoms with E-state index < -0.39 is 0 Å².